The summed E-state index contributed by atoms with van der Waals surface area (Å²) < 4.78 is 8.77. The number of rotatable bonds is 3. The second-order valence-corrected chi connectivity index (χ2v) is 9.96. The van der Waals surface area contributed by atoms with Gasteiger partial charge in [-0.25, -0.2) is 4.98 Å². The molecule has 186 valence electrons. The first kappa shape index (κ1) is 22.3. The van der Waals surface area contributed by atoms with E-state index < -0.39 is 0 Å². The van der Waals surface area contributed by atoms with Gasteiger partial charge >= 0.3 is 0 Å². The number of fused-ring (bicyclic) bond motifs is 7. The van der Waals surface area contributed by atoms with E-state index in [2.05, 4.69) is 113 Å². The van der Waals surface area contributed by atoms with Crippen LogP contribution in [-0.4, -0.2) is 9.55 Å². The molecule has 0 fully saturated rings. The Hall–Kier alpha value is -5.66. The first-order valence-electron chi connectivity index (χ1n) is 13.2. The van der Waals surface area contributed by atoms with Crippen LogP contribution in [0, 0.1) is 11.3 Å². The molecule has 0 saturated carbocycles. The lowest BCUT2D eigenvalue weighted by molar-refractivity contribution is 0.673. The molecule has 0 unspecified atom stereocenters. The molecule has 40 heavy (non-hydrogen) atoms. The van der Waals surface area contributed by atoms with Crippen LogP contribution in [0.5, 0.6) is 0 Å². The summed E-state index contributed by atoms with van der Waals surface area (Å²) in [6, 6.07) is 44.1. The van der Waals surface area contributed by atoms with Gasteiger partial charge < -0.3 is 8.98 Å². The van der Waals surface area contributed by atoms with Crippen LogP contribution >= 0.6 is 0 Å². The normalized spacial score (nSPS) is 11.5. The molecule has 0 aliphatic heterocycles. The molecule has 0 aliphatic carbocycles. The third kappa shape index (κ3) is 3.35. The smallest absolute Gasteiger partial charge is 0.145 e. The van der Waals surface area contributed by atoms with Gasteiger partial charge in [-0.05, 0) is 65.2 Å². The van der Waals surface area contributed by atoms with Gasteiger partial charge in [0.1, 0.15) is 22.9 Å². The third-order valence-electron chi connectivity index (χ3n) is 7.71. The number of pyridine rings is 1. The molecular weight excluding hydrogens is 490 g/mol. The molecular formula is C36H21N3O. The summed E-state index contributed by atoms with van der Waals surface area (Å²) in [4.78, 5) is 4.20. The fourth-order valence-corrected chi connectivity index (χ4v) is 5.82. The Morgan fingerprint density at radius 1 is 0.600 bits per heavy atom. The summed E-state index contributed by atoms with van der Waals surface area (Å²) in [5.41, 5.74) is 9.94. The first-order chi connectivity index (χ1) is 19.8. The van der Waals surface area contributed by atoms with Gasteiger partial charge in [-0.1, -0.05) is 72.8 Å². The van der Waals surface area contributed by atoms with Crippen LogP contribution < -0.4 is 0 Å². The van der Waals surface area contributed by atoms with Crippen molar-refractivity contribution >= 4 is 43.7 Å². The van der Waals surface area contributed by atoms with Crippen molar-refractivity contribution in [3.05, 3.63) is 133 Å². The zero-order valence-electron chi connectivity index (χ0n) is 21.4. The van der Waals surface area contributed by atoms with Gasteiger partial charge in [-0.3, -0.25) is 0 Å². The molecule has 0 spiro atoms. The minimum Gasteiger partial charge on any atom is -0.455 e. The Kier molecular flexibility index (Phi) is 4.85. The van der Waals surface area contributed by atoms with E-state index in [-0.39, 0.29) is 0 Å². The molecule has 4 heteroatoms. The summed E-state index contributed by atoms with van der Waals surface area (Å²) in [7, 11) is 0. The molecule has 0 bridgehead atoms. The fraction of sp³-hybridized carbons (Fsp3) is 0. The Morgan fingerprint density at radius 3 is 2.15 bits per heavy atom. The van der Waals surface area contributed by atoms with E-state index in [1.807, 2.05) is 18.2 Å². The van der Waals surface area contributed by atoms with E-state index in [1.165, 1.54) is 5.39 Å². The minimum atomic E-state index is 0.420. The summed E-state index contributed by atoms with van der Waals surface area (Å²) in [5.74, 6) is 0. The highest BCUT2D eigenvalue weighted by Crippen LogP contribution is 2.40. The van der Waals surface area contributed by atoms with Crippen LogP contribution in [0.2, 0.25) is 0 Å². The van der Waals surface area contributed by atoms with Gasteiger partial charge in [0.05, 0.1) is 16.4 Å². The lowest BCUT2D eigenvalue weighted by atomic mass is 10.0. The fourth-order valence-electron chi connectivity index (χ4n) is 5.82. The maximum atomic E-state index is 9.03. The van der Waals surface area contributed by atoms with Gasteiger partial charge in [0.15, 0.2) is 0 Å². The molecule has 0 N–H and O–H groups in total. The lowest BCUT2D eigenvalue weighted by Gasteiger charge is -2.11. The van der Waals surface area contributed by atoms with E-state index in [0.717, 1.165) is 66.3 Å². The Morgan fingerprint density at radius 2 is 1.35 bits per heavy atom. The number of benzene rings is 5. The maximum absolute atomic E-state index is 9.03. The van der Waals surface area contributed by atoms with Gasteiger partial charge in [0, 0.05) is 33.6 Å². The Labute approximate surface area is 230 Å². The molecule has 0 radical (unpaired) electrons. The van der Waals surface area contributed by atoms with E-state index in [0.29, 0.717) is 5.69 Å². The highest BCUT2D eigenvalue weighted by molar-refractivity contribution is 6.23. The minimum absolute atomic E-state index is 0.420. The molecule has 0 saturated heterocycles. The highest BCUT2D eigenvalue weighted by atomic mass is 16.3. The number of nitriles is 1. The van der Waals surface area contributed by atoms with Gasteiger partial charge in [-0.2, -0.15) is 5.26 Å². The van der Waals surface area contributed by atoms with E-state index in [4.69, 9.17) is 9.68 Å². The molecule has 3 heterocycles. The van der Waals surface area contributed by atoms with Crippen LogP contribution in [0.15, 0.2) is 132 Å². The maximum Gasteiger partial charge on any atom is 0.145 e. The molecule has 0 aliphatic rings. The van der Waals surface area contributed by atoms with Crippen molar-refractivity contribution in [1.82, 2.24) is 9.55 Å². The SMILES string of the molecule is N#Cc1ccc(-c2ccc(-c3cccc(-n4c5ccccc5c5c6oc7ccccc7c6ccc54)c3)cc2)cn1. The summed E-state index contributed by atoms with van der Waals surface area (Å²) in [5, 5.41) is 13.6. The van der Waals surface area contributed by atoms with Crippen molar-refractivity contribution in [2.45, 2.75) is 0 Å². The molecule has 3 aromatic heterocycles. The molecule has 8 aromatic rings. The van der Waals surface area contributed by atoms with Crippen LogP contribution in [0.1, 0.15) is 5.69 Å². The number of nitrogens with zero attached hydrogens (tertiary/aromatic N) is 3. The van der Waals surface area contributed by atoms with Crippen molar-refractivity contribution in [2.75, 3.05) is 0 Å². The zero-order chi connectivity index (χ0) is 26.6. The number of hydrogen-bond acceptors (Lipinski definition) is 3. The quantitative estimate of drug-likeness (QED) is 0.237. The largest absolute Gasteiger partial charge is 0.455 e. The molecule has 0 atom stereocenters. The van der Waals surface area contributed by atoms with E-state index >= 15 is 0 Å². The molecule has 0 amide bonds. The first-order valence-corrected chi connectivity index (χ1v) is 13.2. The van der Waals surface area contributed by atoms with Crippen molar-refractivity contribution < 1.29 is 4.42 Å². The van der Waals surface area contributed by atoms with Crippen LogP contribution in [0.25, 0.3) is 71.7 Å². The number of furan rings is 1. The summed E-state index contributed by atoms with van der Waals surface area (Å²) >= 11 is 0. The average molecular weight is 512 g/mol. The molecule has 5 aromatic carbocycles. The standard InChI is InChI=1S/C36H21N3O/c37-21-27-17-16-26(22-38-27)24-14-12-23(13-15-24)25-6-5-7-28(20-25)39-32-10-3-1-9-31(32)35-33(39)19-18-30-29-8-2-4-11-34(29)40-36(30)35/h1-20,22H. The summed E-state index contributed by atoms with van der Waals surface area (Å²) in [6.07, 6.45) is 1.75. The van der Waals surface area contributed by atoms with E-state index in [1.54, 1.807) is 12.3 Å². The van der Waals surface area contributed by atoms with E-state index in [9.17, 15) is 0 Å². The Balaban J connectivity index is 1.28. The lowest BCUT2D eigenvalue weighted by Crippen LogP contribution is -1.94. The van der Waals surface area contributed by atoms with Gasteiger partial charge in [0.25, 0.3) is 0 Å². The Bertz CT molecular complexity index is 2260. The van der Waals surface area contributed by atoms with Crippen LogP contribution in [-0.2, 0) is 0 Å². The van der Waals surface area contributed by atoms with Crippen molar-refractivity contribution in [1.29, 1.82) is 5.26 Å². The molecule has 4 nitrogen and oxygen atoms in total. The predicted octanol–water partition coefficient (Wildman–Crippen LogP) is 9.28. The zero-order valence-corrected chi connectivity index (χ0v) is 21.4. The van der Waals surface area contributed by atoms with Crippen molar-refractivity contribution in [3.63, 3.8) is 0 Å². The van der Waals surface area contributed by atoms with Crippen molar-refractivity contribution in [3.8, 4) is 34.0 Å². The van der Waals surface area contributed by atoms with Crippen molar-refractivity contribution in [2.24, 2.45) is 0 Å². The second-order valence-electron chi connectivity index (χ2n) is 9.96. The topological polar surface area (TPSA) is 54.8 Å². The third-order valence-corrected chi connectivity index (χ3v) is 7.71. The average Bonchev–Trinajstić information content (AvgIpc) is 3.57. The van der Waals surface area contributed by atoms with Crippen LogP contribution in [0.4, 0.5) is 0 Å². The second kappa shape index (κ2) is 8.69. The molecule has 8 rings (SSSR count). The van der Waals surface area contributed by atoms with Gasteiger partial charge in [-0.15, -0.1) is 0 Å². The summed E-state index contributed by atoms with van der Waals surface area (Å²) in [6.45, 7) is 0. The number of hydrogen-bond donors (Lipinski definition) is 0. The highest BCUT2D eigenvalue weighted by Gasteiger charge is 2.18. The monoisotopic (exact) mass is 511 g/mol. The predicted molar refractivity (Wildman–Crippen MR) is 161 cm³/mol. The van der Waals surface area contributed by atoms with Crippen LogP contribution in [0.3, 0.4) is 0 Å². The van der Waals surface area contributed by atoms with Gasteiger partial charge in [0.2, 0.25) is 0 Å². The number of aromatic nitrogens is 2. The number of para-hydroxylation sites is 2.